The summed E-state index contributed by atoms with van der Waals surface area (Å²) in [5, 5.41) is 1.15. The van der Waals surface area contributed by atoms with Crippen LogP contribution in [0.3, 0.4) is 0 Å². The second kappa shape index (κ2) is 12.5. The van der Waals surface area contributed by atoms with E-state index in [-0.39, 0.29) is 29.2 Å². The number of thioether (sulfide) groups is 1. The Bertz CT molecular complexity index is 1450. The predicted octanol–water partition coefficient (Wildman–Crippen LogP) is 8.34. The van der Waals surface area contributed by atoms with Gasteiger partial charge in [-0.2, -0.15) is 0 Å². The summed E-state index contributed by atoms with van der Waals surface area (Å²) in [6.07, 6.45) is 4.64. The minimum Gasteiger partial charge on any atom is -0.489 e. The number of likely N-dealkylation sites (tertiary alicyclic amines) is 1. The van der Waals surface area contributed by atoms with Crippen LogP contribution in [0.5, 0.6) is 5.75 Å². The fourth-order valence-electron chi connectivity index (χ4n) is 6.97. The standard InChI is InChI=1S/C33H32Cl2FNO4S/c34-28-7-4-8-29(35)26(28)20-40-24-14-15-27-23(19-24)13-16-30-33(27,42-25-5-2-1-3-6-25)17-18-37(30)31(38)21-9-11-22(12-10-21)32(39)41-36/h1-8,14-15,19,21-22,30H,9-13,16-18,20H2. The highest BCUT2D eigenvalue weighted by molar-refractivity contribution is 8.00. The fourth-order valence-corrected chi connectivity index (χ4v) is 9.08. The highest BCUT2D eigenvalue weighted by Gasteiger charge is 2.54. The van der Waals surface area contributed by atoms with Crippen molar-refractivity contribution in [2.75, 3.05) is 6.54 Å². The van der Waals surface area contributed by atoms with Crippen molar-refractivity contribution in [3.63, 3.8) is 0 Å². The van der Waals surface area contributed by atoms with E-state index in [4.69, 9.17) is 27.9 Å². The van der Waals surface area contributed by atoms with Gasteiger partial charge in [0, 0.05) is 37.5 Å². The normalized spacial score (nSPS) is 24.9. The zero-order chi connectivity index (χ0) is 29.3. The first-order valence-corrected chi connectivity index (χ1v) is 16.0. The van der Waals surface area contributed by atoms with E-state index in [0.29, 0.717) is 42.3 Å². The number of fused-ring (bicyclic) bond motifs is 3. The van der Waals surface area contributed by atoms with Gasteiger partial charge in [-0.05, 0) is 92.5 Å². The summed E-state index contributed by atoms with van der Waals surface area (Å²) >= 11 is 14.6. The van der Waals surface area contributed by atoms with Gasteiger partial charge in [0.1, 0.15) is 12.4 Å². The second-order valence-corrected chi connectivity index (χ2v) is 13.6. The third-order valence-corrected chi connectivity index (χ3v) is 11.4. The Morgan fingerprint density at radius 3 is 2.36 bits per heavy atom. The fraction of sp³-hybridized carbons (Fsp3) is 0.394. The maximum Gasteiger partial charge on any atom is 0.351 e. The number of carbonyl (C=O) groups is 2. The number of hydrogen-bond donors (Lipinski definition) is 0. The van der Waals surface area contributed by atoms with Crippen molar-refractivity contribution in [2.45, 2.75) is 67.2 Å². The molecule has 2 fully saturated rings. The first-order chi connectivity index (χ1) is 20.4. The SMILES string of the molecule is O=C(OF)C1CCC(C(=O)N2CCC3(Sc4ccccc4)c4ccc(OCc5c(Cl)cccc5Cl)cc4CCC23)CC1. The van der Waals surface area contributed by atoms with Crippen molar-refractivity contribution < 1.29 is 23.8 Å². The molecule has 0 bridgehead atoms. The van der Waals surface area contributed by atoms with E-state index < -0.39 is 11.9 Å². The minimum atomic E-state index is -0.817. The van der Waals surface area contributed by atoms with Gasteiger partial charge < -0.3 is 9.64 Å². The molecular weight excluding hydrogens is 596 g/mol. The average Bonchev–Trinajstić information content (AvgIpc) is 3.39. The second-order valence-electron chi connectivity index (χ2n) is 11.4. The first kappa shape index (κ1) is 29.3. The molecule has 3 aromatic rings. The number of rotatable bonds is 7. The highest BCUT2D eigenvalue weighted by atomic mass is 35.5. The molecule has 0 spiro atoms. The first-order valence-electron chi connectivity index (χ1n) is 14.5. The van der Waals surface area contributed by atoms with Gasteiger partial charge in [0.15, 0.2) is 0 Å². The van der Waals surface area contributed by atoms with Crippen molar-refractivity contribution >= 4 is 46.8 Å². The monoisotopic (exact) mass is 627 g/mol. The van der Waals surface area contributed by atoms with Crippen LogP contribution in [-0.4, -0.2) is 29.4 Å². The molecule has 6 rings (SSSR count). The van der Waals surface area contributed by atoms with Gasteiger partial charge in [-0.15, -0.1) is 11.8 Å². The molecule has 2 atom stereocenters. The number of hydrogen-bond acceptors (Lipinski definition) is 5. The predicted molar refractivity (Wildman–Crippen MR) is 162 cm³/mol. The van der Waals surface area contributed by atoms with Gasteiger partial charge in [-0.25, -0.2) is 4.79 Å². The van der Waals surface area contributed by atoms with Crippen molar-refractivity contribution in [1.82, 2.24) is 4.90 Å². The molecule has 0 N–H and O–H groups in total. The van der Waals surface area contributed by atoms with Gasteiger partial charge in [-0.1, -0.05) is 53.5 Å². The number of ether oxygens (including phenoxy) is 1. The van der Waals surface area contributed by atoms with Crippen molar-refractivity contribution in [1.29, 1.82) is 0 Å². The van der Waals surface area contributed by atoms with Gasteiger partial charge in [0.05, 0.1) is 16.7 Å². The zero-order valence-corrected chi connectivity index (χ0v) is 25.4. The van der Waals surface area contributed by atoms with Crippen LogP contribution in [0.25, 0.3) is 0 Å². The number of halogens is 3. The van der Waals surface area contributed by atoms with E-state index in [1.54, 1.807) is 12.1 Å². The average molecular weight is 629 g/mol. The Hall–Kier alpha value is -2.74. The van der Waals surface area contributed by atoms with Gasteiger partial charge in [0.25, 0.3) is 0 Å². The highest BCUT2D eigenvalue weighted by Crippen LogP contribution is 2.57. The van der Waals surface area contributed by atoms with Crippen LogP contribution in [0, 0.1) is 11.8 Å². The Morgan fingerprint density at radius 2 is 1.64 bits per heavy atom. The quantitative estimate of drug-likeness (QED) is 0.263. The summed E-state index contributed by atoms with van der Waals surface area (Å²) in [5.74, 6) is -0.514. The molecule has 2 unspecified atom stereocenters. The van der Waals surface area contributed by atoms with E-state index in [9.17, 15) is 14.1 Å². The Kier molecular flexibility index (Phi) is 8.71. The lowest BCUT2D eigenvalue weighted by molar-refractivity contribution is -0.190. The number of benzene rings is 3. The van der Waals surface area contributed by atoms with Crippen LogP contribution in [0.2, 0.25) is 10.0 Å². The molecule has 0 radical (unpaired) electrons. The third-order valence-electron chi connectivity index (χ3n) is 9.12. The molecular formula is C33H32Cl2FNO4S. The summed E-state index contributed by atoms with van der Waals surface area (Å²) < 4.78 is 18.3. The summed E-state index contributed by atoms with van der Waals surface area (Å²) in [5.41, 5.74) is 3.24. The number of amides is 1. The molecule has 220 valence electrons. The van der Waals surface area contributed by atoms with Crippen molar-refractivity contribution in [3.05, 3.63) is 93.5 Å². The maximum atomic E-state index is 13.9. The van der Waals surface area contributed by atoms with Gasteiger partial charge in [0.2, 0.25) is 5.91 Å². The third kappa shape index (κ3) is 5.63. The lowest BCUT2D eigenvalue weighted by Gasteiger charge is -2.43. The Balaban J connectivity index is 1.25. The lowest BCUT2D eigenvalue weighted by atomic mass is 9.77. The lowest BCUT2D eigenvalue weighted by Crippen LogP contribution is -2.48. The van der Waals surface area contributed by atoms with Crippen LogP contribution in [0.4, 0.5) is 4.53 Å². The summed E-state index contributed by atoms with van der Waals surface area (Å²) in [7, 11) is 0. The van der Waals surface area contributed by atoms with E-state index in [1.807, 2.05) is 42.1 Å². The molecule has 2 aliphatic carbocycles. The molecule has 1 aliphatic heterocycles. The molecule has 1 amide bonds. The Morgan fingerprint density at radius 1 is 0.929 bits per heavy atom. The number of nitrogens with zero attached hydrogens (tertiary/aromatic N) is 1. The van der Waals surface area contributed by atoms with E-state index in [1.165, 1.54) is 16.0 Å². The van der Waals surface area contributed by atoms with Gasteiger partial charge in [-0.3, -0.25) is 9.74 Å². The van der Waals surface area contributed by atoms with Crippen LogP contribution in [0.1, 0.15) is 55.2 Å². The number of aryl methyl sites for hydroxylation is 1. The van der Waals surface area contributed by atoms with Crippen molar-refractivity contribution in [2.24, 2.45) is 11.8 Å². The molecule has 42 heavy (non-hydrogen) atoms. The van der Waals surface area contributed by atoms with Crippen LogP contribution >= 0.6 is 35.0 Å². The molecule has 5 nitrogen and oxygen atoms in total. The van der Waals surface area contributed by atoms with Gasteiger partial charge >= 0.3 is 5.97 Å². The van der Waals surface area contributed by atoms with Crippen LogP contribution < -0.4 is 4.74 Å². The molecule has 0 aromatic heterocycles. The summed E-state index contributed by atoms with van der Waals surface area (Å²) in [6, 6.07) is 22.2. The summed E-state index contributed by atoms with van der Waals surface area (Å²) in [4.78, 5) is 32.3. The molecule has 3 aliphatic rings. The smallest absolute Gasteiger partial charge is 0.351 e. The molecule has 1 saturated carbocycles. The van der Waals surface area contributed by atoms with E-state index in [2.05, 4.69) is 34.1 Å². The van der Waals surface area contributed by atoms with Crippen LogP contribution in [-0.2, 0) is 32.3 Å². The molecule has 9 heteroatoms. The molecule has 1 heterocycles. The topological polar surface area (TPSA) is 55.8 Å². The van der Waals surface area contributed by atoms with Crippen LogP contribution in [0.15, 0.2) is 71.6 Å². The van der Waals surface area contributed by atoms with E-state index in [0.717, 1.165) is 30.6 Å². The zero-order valence-electron chi connectivity index (χ0n) is 23.1. The van der Waals surface area contributed by atoms with Crippen molar-refractivity contribution in [3.8, 4) is 5.75 Å². The molecule has 3 aromatic carbocycles. The largest absolute Gasteiger partial charge is 0.489 e. The molecule has 1 saturated heterocycles. The maximum absolute atomic E-state index is 13.9. The van der Waals surface area contributed by atoms with E-state index >= 15 is 0 Å². The number of carbonyl (C=O) groups excluding carboxylic acids is 2. The Labute approximate surface area is 259 Å². The minimum absolute atomic E-state index is 0.0462. The summed E-state index contributed by atoms with van der Waals surface area (Å²) in [6.45, 7) is 0.954.